The van der Waals surface area contributed by atoms with Crippen molar-refractivity contribution in [2.24, 2.45) is 0 Å². The highest BCUT2D eigenvalue weighted by molar-refractivity contribution is 5.81. The Morgan fingerprint density at radius 2 is 1.74 bits per heavy atom. The van der Waals surface area contributed by atoms with Crippen molar-refractivity contribution in [3.8, 4) is 23.0 Å². The Balaban J connectivity index is 1.52. The summed E-state index contributed by atoms with van der Waals surface area (Å²) in [5.41, 5.74) is 1.71. The highest BCUT2D eigenvalue weighted by Gasteiger charge is 2.30. The predicted octanol–water partition coefficient (Wildman–Crippen LogP) is 3.47. The largest absolute Gasteiger partial charge is 0.502 e. The molecule has 2 aromatic carbocycles. The Hall–Kier alpha value is -4.77. The van der Waals surface area contributed by atoms with Crippen LogP contribution in [-0.4, -0.2) is 55.9 Å². The number of fused-ring (bicyclic) bond motifs is 2. The highest BCUT2D eigenvalue weighted by atomic mass is 16.5. The van der Waals surface area contributed by atoms with Crippen molar-refractivity contribution >= 4 is 16.9 Å². The number of pyridine rings is 1. The van der Waals surface area contributed by atoms with Gasteiger partial charge in [-0.05, 0) is 53.9 Å². The zero-order valence-corrected chi connectivity index (χ0v) is 23.8. The fourth-order valence-corrected chi connectivity index (χ4v) is 5.35. The second-order valence-electron chi connectivity index (χ2n) is 10.1. The van der Waals surface area contributed by atoms with E-state index in [0.717, 1.165) is 17.5 Å². The van der Waals surface area contributed by atoms with E-state index in [-0.39, 0.29) is 30.0 Å². The van der Waals surface area contributed by atoms with Crippen LogP contribution >= 0.6 is 0 Å². The van der Waals surface area contributed by atoms with Crippen LogP contribution in [0.1, 0.15) is 40.5 Å². The molecule has 11 nitrogen and oxygen atoms in total. The number of esters is 1. The first kappa shape index (κ1) is 28.7. The third kappa shape index (κ3) is 5.68. The van der Waals surface area contributed by atoms with Crippen molar-refractivity contribution in [3.05, 3.63) is 91.3 Å². The van der Waals surface area contributed by atoms with Crippen LogP contribution in [0, 0.1) is 0 Å². The van der Waals surface area contributed by atoms with Gasteiger partial charge in [0, 0.05) is 35.6 Å². The Morgan fingerprint density at radius 1 is 1.00 bits per heavy atom. The maximum absolute atomic E-state index is 13.2. The summed E-state index contributed by atoms with van der Waals surface area (Å²) in [5.74, 6) is -0.444. The quantitative estimate of drug-likeness (QED) is 0.285. The van der Waals surface area contributed by atoms with Crippen LogP contribution in [0.3, 0.4) is 0 Å². The van der Waals surface area contributed by atoms with Crippen LogP contribution in [0.15, 0.2) is 56.5 Å². The van der Waals surface area contributed by atoms with Gasteiger partial charge in [-0.3, -0.25) is 19.3 Å². The predicted molar refractivity (Wildman–Crippen MR) is 154 cm³/mol. The van der Waals surface area contributed by atoms with Gasteiger partial charge in [-0.1, -0.05) is 0 Å². The van der Waals surface area contributed by atoms with Gasteiger partial charge in [0.05, 0.1) is 47.3 Å². The lowest BCUT2D eigenvalue weighted by atomic mass is 9.92. The van der Waals surface area contributed by atoms with E-state index < -0.39 is 28.6 Å². The molecule has 0 amide bonds. The number of nitrogens with zero attached hydrogens (tertiary/aromatic N) is 1. The third-order valence-electron chi connectivity index (χ3n) is 7.55. The average molecular weight is 577 g/mol. The van der Waals surface area contributed by atoms with Gasteiger partial charge in [0.2, 0.25) is 11.2 Å². The molecule has 0 spiro atoms. The summed E-state index contributed by atoms with van der Waals surface area (Å²) in [6.07, 6.45) is 0.402. The van der Waals surface area contributed by atoms with Crippen molar-refractivity contribution < 1.29 is 33.3 Å². The van der Waals surface area contributed by atoms with E-state index in [2.05, 4.69) is 9.88 Å². The minimum absolute atomic E-state index is 0.129. The van der Waals surface area contributed by atoms with E-state index >= 15 is 0 Å². The molecule has 2 aromatic heterocycles. The number of aromatic hydroxyl groups is 1. The zero-order chi connectivity index (χ0) is 30.0. The molecule has 2 N–H and O–H groups in total. The summed E-state index contributed by atoms with van der Waals surface area (Å²) in [6.45, 7) is 1.50. The number of aromatic amines is 1. The van der Waals surface area contributed by atoms with E-state index in [9.17, 15) is 19.5 Å². The van der Waals surface area contributed by atoms with Crippen molar-refractivity contribution in [1.82, 2.24) is 9.88 Å². The van der Waals surface area contributed by atoms with Crippen LogP contribution in [-0.2, 0) is 29.0 Å². The molecule has 0 saturated heterocycles. The van der Waals surface area contributed by atoms with Crippen LogP contribution < -0.4 is 25.2 Å². The number of aromatic nitrogens is 1. The minimum atomic E-state index is -1.09. The van der Waals surface area contributed by atoms with E-state index in [1.807, 2.05) is 12.1 Å². The molecule has 220 valence electrons. The van der Waals surface area contributed by atoms with Crippen LogP contribution in [0.5, 0.6) is 23.0 Å². The number of methoxy groups -OCH3 is 4. The smallest absolute Gasteiger partial charge is 0.306 e. The second kappa shape index (κ2) is 12.0. The van der Waals surface area contributed by atoms with Gasteiger partial charge in [0.1, 0.15) is 11.5 Å². The SMILES string of the molecule is COC(=O)C[C@H](c1oc(CN2CCc3cc(OC)c(OC)cc3C2)cc(=O)c1O)c1cc2cc(OC)ccc2[nH]c1=O. The van der Waals surface area contributed by atoms with Crippen LogP contribution in [0.2, 0.25) is 0 Å². The van der Waals surface area contributed by atoms with E-state index in [1.165, 1.54) is 20.3 Å². The first-order valence-corrected chi connectivity index (χ1v) is 13.3. The first-order valence-electron chi connectivity index (χ1n) is 13.3. The fourth-order valence-electron chi connectivity index (χ4n) is 5.35. The van der Waals surface area contributed by atoms with Crippen molar-refractivity contribution in [2.45, 2.75) is 31.8 Å². The molecule has 0 radical (unpaired) electrons. The molecule has 0 unspecified atom stereocenters. The van der Waals surface area contributed by atoms with Gasteiger partial charge in [-0.15, -0.1) is 0 Å². The summed E-state index contributed by atoms with van der Waals surface area (Å²) < 4.78 is 27.2. The van der Waals surface area contributed by atoms with Gasteiger partial charge >= 0.3 is 5.97 Å². The number of rotatable bonds is 9. The number of H-pyrrole nitrogens is 1. The van der Waals surface area contributed by atoms with Gasteiger partial charge < -0.3 is 33.5 Å². The summed E-state index contributed by atoms with van der Waals surface area (Å²) in [4.78, 5) is 43.5. The molecular weight excluding hydrogens is 544 g/mol. The molecule has 5 rings (SSSR count). The molecule has 1 aliphatic heterocycles. The number of benzene rings is 2. The number of carbonyl (C=O) groups excluding carboxylic acids is 1. The maximum Gasteiger partial charge on any atom is 0.306 e. The molecule has 4 aromatic rings. The average Bonchev–Trinajstić information content (AvgIpc) is 3.00. The lowest BCUT2D eigenvalue weighted by molar-refractivity contribution is -0.140. The molecule has 0 fully saturated rings. The number of nitrogens with one attached hydrogen (secondary N) is 1. The van der Waals surface area contributed by atoms with E-state index in [0.29, 0.717) is 41.2 Å². The fraction of sp³-hybridized carbons (Fsp3) is 0.323. The zero-order valence-electron chi connectivity index (χ0n) is 23.8. The van der Waals surface area contributed by atoms with Gasteiger partial charge in [0.15, 0.2) is 17.3 Å². The number of hydrogen-bond acceptors (Lipinski definition) is 10. The van der Waals surface area contributed by atoms with Crippen molar-refractivity contribution in [2.75, 3.05) is 35.0 Å². The highest BCUT2D eigenvalue weighted by Crippen LogP contribution is 2.35. The minimum Gasteiger partial charge on any atom is -0.502 e. The molecule has 0 aliphatic carbocycles. The van der Waals surface area contributed by atoms with Gasteiger partial charge in [-0.25, -0.2) is 0 Å². The molecular formula is C31H32N2O9. The molecule has 1 atom stereocenters. The molecule has 11 heteroatoms. The van der Waals surface area contributed by atoms with Crippen LogP contribution in [0.25, 0.3) is 10.9 Å². The van der Waals surface area contributed by atoms with Gasteiger partial charge in [0.25, 0.3) is 5.56 Å². The monoisotopic (exact) mass is 576 g/mol. The summed E-state index contributed by atoms with van der Waals surface area (Å²) in [5, 5.41) is 11.5. The summed E-state index contributed by atoms with van der Waals surface area (Å²) in [6, 6.07) is 11.9. The maximum atomic E-state index is 13.2. The Labute approximate surface area is 241 Å². The lowest BCUT2D eigenvalue weighted by Crippen LogP contribution is -2.30. The normalized spacial score (nSPS) is 13.8. The van der Waals surface area contributed by atoms with Crippen molar-refractivity contribution in [3.63, 3.8) is 0 Å². The third-order valence-corrected chi connectivity index (χ3v) is 7.55. The Bertz CT molecular complexity index is 1760. The van der Waals surface area contributed by atoms with Crippen LogP contribution in [0.4, 0.5) is 0 Å². The Morgan fingerprint density at radius 3 is 2.43 bits per heavy atom. The standard InChI is InChI=1S/C31H32N2O9/c1-38-20-5-6-24-18(9-20)10-23(31(37)32-24)22(14-28(35)41-4)30-29(36)25(34)13-21(42-30)16-33-8-7-17-11-26(39-2)27(40-3)12-19(17)15-33/h5-6,9-13,22,36H,7-8,14-16H2,1-4H3,(H,32,37)/t22-/m0/s1. The lowest BCUT2D eigenvalue weighted by Gasteiger charge is -2.29. The number of carbonyl (C=O) groups is 1. The van der Waals surface area contributed by atoms with E-state index in [1.54, 1.807) is 38.5 Å². The second-order valence-corrected chi connectivity index (χ2v) is 10.1. The molecule has 1 aliphatic rings. The first-order chi connectivity index (χ1) is 20.2. The van der Waals surface area contributed by atoms with Gasteiger partial charge in [-0.2, -0.15) is 0 Å². The number of ether oxygens (including phenoxy) is 4. The summed E-state index contributed by atoms with van der Waals surface area (Å²) >= 11 is 0. The number of hydrogen-bond donors (Lipinski definition) is 2. The molecule has 3 heterocycles. The topological polar surface area (TPSA) is 141 Å². The molecule has 0 saturated carbocycles. The molecule has 0 bridgehead atoms. The summed E-state index contributed by atoms with van der Waals surface area (Å²) in [7, 11) is 5.93. The Kier molecular flexibility index (Phi) is 8.21. The van der Waals surface area contributed by atoms with E-state index in [4.69, 9.17) is 23.4 Å². The van der Waals surface area contributed by atoms with Crippen molar-refractivity contribution in [1.29, 1.82) is 0 Å². The molecule has 42 heavy (non-hydrogen) atoms.